The molecule has 0 spiro atoms. The summed E-state index contributed by atoms with van der Waals surface area (Å²) in [7, 11) is -3.75. The number of nitrogens with zero attached hydrogens (tertiary/aromatic N) is 1. The second-order valence-corrected chi connectivity index (χ2v) is 9.55. The number of sulfonamides is 1. The molecule has 2 aromatic carbocycles. The summed E-state index contributed by atoms with van der Waals surface area (Å²) in [5.74, 6) is -1.31. The number of nitrogens with one attached hydrogen (secondary N) is 1. The number of hydrogen-bond donors (Lipinski definition) is 1. The predicted octanol–water partition coefficient (Wildman–Crippen LogP) is 2.92. The van der Waals surface area contributed by atoms with Gasteiger partial charge in [-0.3, -0.25) is 4.79 Å². The number of carbonyl (C=O) groups excluding carboxylic acids is 2. The van der Waals surface area contributed by atoms with Crippen molar-refractivity contribution in [2.24, 2.45) is 0 Å². The van der Waals surface area contributed by atoms with Gasteiger partial charge in [0.25, 0.3) is 5.91 Å². The first-order chi connectivity index (χ1) is 14.3. The lowest BCUT2D eigenvalue weighted by Crippen LogP contribution is -2.40. The van der Waals surface area contributed by atoms with Gasteiger partial charge in [0.1, 0.15) is 0 Å². The largest absolute Gasteiger partial charge is 0.452 e. The number of morpholine rings is 1. The molecule has 2 aromatic rings. The summed E-state index contributed by atoms with van der Waals surface area (Å²) in [5, 5.41) is 2.63. The standard InChI is InChI=1S/C19H18BrClN2O6S/c20-14-3-1-13(2-4-14)19(25)29-12-18(24)22-17-11-15(5-6-16(17)21)30(26,27)23-7-9-28-10-8-23/h1-6,11H,7-10,12H2,(H,22,24). The molecule has 160 valence electrons. The molecule has 0 unspecified atom stereocenters. The maximum absolute atomic E-state index is 12.8. The number of amides is 1. The Labute approximate surface area is 187 Å². The lowest BCUT2D eigenvalue weighted by atomic mass is 10.2. The van der Waals surface area contributed by atoms with Gasteiger partial charge in [0.15, 0.2) is 6.61 Å². The Balaban J connectivity index is 1.65. The van der Waals surface area contributed by atoms with Crippen LogP contribution < -0.4 is 5.32 Å². The molecule has 1 aliphatic heterocycles. The van der Waals surface area contributed by atoms with E-state index in [9.17, 15) is 18.0 Å². The van der Waals surface area contributed by atoms with Crippen LogP contribution in [0.3, 0.4) is 0 Å². The summed E-state index contributed by atoms with van der Waals surface area (Å²) in [6.45, 7) is 0.587. The summed E-state index contributed by atoms with van der Waals surface area (Å²) in [6, 6.07) is 10.5. The first-order valence-electron chi connectivity index (χ1n) is 8.87. The van der Waals surface area contributed by atoms with Gasteiger partial charge in [-0.25, -0.2) is 13.2 Å². The van der Waals surface area contributed by atoms with Crippen LogP contribution in [0.4, 0.5) is 5.69 Å². The number of halogens is 2. The summed E-state index contributed by atoms with van der Waals surface area (Å²) in [5.41, 5.74) is 0.401. The lowest BCUT2D eigenvalue weighted by molar-refractivity contribution is -0.119. The van der Waals surface area contributed by atoms with Crippen molar-refractivity contribution in [1.29, 1.82) is 0 Å². The SMILES string of the molecule is O=C(COC(=O)c1ccc(Br)cc1)Nc1cc(S(=O)(=O)N2CCOCC2)ccc1Cl. The van der Waals surface area contributed by atoms with Crippen molar-refractivity contribution in [2.45, 2.75) is 4.90 Å². The highest BCUT2D eigenvalue weighted by atomic mass is 79.9. The zero-order chi connectivity index (χ0) is 21.7. The molecule has 1 amide bonds. The molecular formula is C19H18BrClN2O6S. The van der Waals surface area contributed by atoms with E-state index in [1.54, 1.807) is 24.3 Å². The Morgan fingerprint density at radius 1 is 1.13 bits per heavy atom. The van der Waals surface area contributed by atoms with Gasteiger partial charge < -0.3 is 14.8 Å². The van der Waals surface area contributed by atoms with Crippen LogP contribution in [0, 0.1) is 0 Å². The summed E-state index contributed by atoms with van der Waals surface area (Å²) < 4.78 is 37.8. The van der Waals surface area contributed by atoms with Gasteiger partial charge in [-0.05, 0) is 42.5 Å². The lowest BCUT2D eigenvalue weighted by Gasteiger charge is -2.26. The number of esters is 1. The molecule has 0 saturated carbocycles. The van der Waals surface area contributed by atoms with E-state index in [0.29, 0.717) is 18.8 Å². The van der Waals surface area contributed by atoms with Crippen molar-refractivity contribution < 1.29 is 27.5 Å². The predicted molar refractivity (Wildman–Crippen MR) is 114 cm³/mol. The van der Waals surface area contributed by atoms with Gasteiger partial charge in [-0.1, -0.05) is 27.5 Å². The van der Waals surface area contributed by atoms with Crippen LogP contribution in [0.15, 0.2) is 51.8 Å². The van der Waals surface area contributed by atoms with E-state index in [-0.39, 0.29) is 28.7 Å². The van der Waals surface area contributed by atoms with E-state index in [1.165, 1.54) is 22.5 Å². The van der Waals surface area contributed by atoms with Gasteiger partial charge in [-0.2, -0.15) is 4.31 Å². The Bertz CT molecular complexity index is 1040. The fourth-order valence-electron chi connectivity index (χ4n) is 2.68. The minimum absolute atomic E-state index is 0.00374. The van der Waals surface area contributed by atoms with Crippen molar-refractivity contribution in [2.75, 3.05) is 38.2 Å². The molecule has 0 aliphatic carbocycles. The highest BCUT2D eigenvalue weighted by molar-refractivity contribution is 9.10. The average molecular weight is 518 g/mol. The Morgan fingerprint density at radius 3 is 2.47 bits per heavy atom. The average Bonchev–Trinajstić information content (AvgIpc) is 2.74. The van der Waals surface area contributed by atoms with Crippen molar-refractivity contribution in [3.63, 3.8) is 0 Å². The van der Waals surface area contributed by atoms with Crippen molar-refractivity contribution >= 4 is 55.1 Å². The van der Waals surface area contributed by atoms with Gasteiger partial charge in [0.05, 0.1) is 34.4 Å². The van der Waals surface area contributed by atoms with Crippen LogP contribution in [0.5, 0.6) is 0 Å². The number of ether oxygens (including phenoxy) is 2. The second-order valence-electron chi connectivity index (χ2n) is 6.29. The second kappa shape index (κ2) is 9.88. The number of hydrogen-bond acceptors (Lipinski definition) is 6. The van der Waals surface area contributed by atoms with E-state index in [1.807, 2.05) is 0 Å². The van der Waals surface area contributed by atoms with Gasteiger partial charge in [0.2, 0.25) is 10.0 Å². The molecule has 1 aliphatic rings. The van der Waals surface area contributed by atoms with Crippen LogP contribution in [0.1, 0.15) is 10.4 Å². The topological polar surface area (TPSA) is 102 Å². The molecule has 0 bridgehead atoms. The first kappa shape index (κ1) is 22.7. The molecule has 1 fully saturated rings. The maximum atomic E-state index is 12.8. The van der Waals surface area contributed by atoms with Crippen LogP contribution in [-0.4, -0.2) is 57.5 Å². The van der Waals surface area contributed by atoms with E-state index in [2.05, 4.69) is 21.2 Å². The first-order valence-corrected chi connectivity index (χ1v) is 11.5. The third-order valence-electron chi connectivity index (χ3n) is 4.23. The molecule has 11 heteroatoms. The zero-order valence-corrected chi connectivity index (χ0v) is 18.8. The van der Waals surface area contributed by atoms with Crippen molar-refractivity contribution in [3.05, 3.63) is 57.5 Å². The molecule has 0 aromatic heterocycles. The van der Waals surface area contributed by atoms with Crippen molar-refractivity contribution in [1.82, 2.24) is 4.31 Å². The third kappa shape index (κ3) is 5.58. The van der Waals surface area contributed by atoms with E-state index in [0.717, 1.165) is 4.47 Å². The van der Waals surface area contributed by atoms with E-state index >= 15 is 0 Å². The molecule has 30 heavy (non-hydrogen) atoms. The molecule has 0 atom stereocenters. The van der Waals surface area contributed by atoms with E-state index < -0.39 is 28.5 Å². The number of benzene rings is 2. The molecule has 1 heterocycles. The summed E-state index contributed by atoms with van der Waals surface area (Å²) in [4.78, 5) is 24.2. The normalized spacial score (nSPS) is 14.9. The Hall–Kier alpha value is -1.98. The number of rotatable bonds is 6. The summed E-state index contributed by atoms with van der Waals surface area (Å²) >= 11 is 9.36. The smallest absolute Gasteiger partial charge is 0.338 e. The minimum Gasteiger partial charge on any atom is -0.452 e. The molecule has 1 saturated heterocycles. The number of anilines is 1. The minimum atomic E-state index is -3.75. The number of carbonyl (C=O) groups is 2. The molecule has 3 rings (SSSR count). The monoisotopic (exact) mass is 516 g/mol. The summed E-state index contributed by atoms with van der Waals surface area (Å²) in [6.07, 6.45) is 0. The van der Waals surface area contributed by atoms with Gasteiger partial charge in [-0.15, -0.1) is 0 Å². The maximum Gasteiger partial charge on any atom is 0.338 e. The highest BCUT2D eigenvalue weighted by Crippen LogP contribution is 2.27. The van der Waals surface area contributed by atoms with E-state index in [4.69, 9.17) is 21.1 Å². The Morgan fingerprint density at radius 2 is 1.80 bits per heavy atom. The fourth-order valence-corrected chi connectivity index (χ4v) is 4.55. The quantitative estimate of drug-likeness (QED) is 0.591. The van der Waals surface area contributed by atoms with Gasteiger partial charge in [0, 0.05) is 17.6 Å². The Kier molecular flexibility index (Phi) is 7.48. The zero-order valence-electron chi connectivity index (χ0n) is 15.6. The van der Waals surface area contributed by atoms with Crippen LogP contribution in [-0.2, 0) is 24.3 Å². The molecule has 1 N–H and O–H groups in total. The van der Waals surface area contributed by atoms with Crippen LogP contribution in [0.25, 0.3) is 0 Å². The molecule has 0 radical (unpaired) electrons. The van der Waals surface area contributed by atoms with Crippen LogP contribution >= 0.6 is 27.5 Å². The van der Waals surface area contributed by atoms with Crippen molar-refractivity contribution in [3.8, 4) is 0 Å². The van der Waals surface area contributed by atoms with Gasteiger partial charge >= 0.3 is 5.97 Å². The fraction of sp³-hybridized carbons (Fsp3) is 0.263. The molecular weight excluding hydrogens is 500 g/mol. The third-order valence-corrected chi connectivity index (χ3v) is 6.99. The molecule has 8 nitrogen and oxygen atoms in total. The highest BCUT2D eigenvalue weighted by Gasteiger charge is 2.27. The van der Waals surface area contributed by atoms with Crippen LogP contribution in [0.2, 0.25) is 5.02 Å².